The SMILES string of the molecule is COc1nc(NCCCN2CCOCC2)nc(OC)c1NC(=O)c1ccc(Cc2cc3c(cc2C)C(C)(C)OC3(C)C)o1. The predicted octanol–water partition coefficient (Wildman–Crippen LogP) is 4.87. The number of hydrogen-bond donors (Lipinski definition) is 2. The number of furan rings is 1. The molecule has 2 aromatic heterocycles. The fraction of sp³-hybridized carbons (Fsp3) is 0.531. The topological polar surface area (TPSA) is 120 Å². The molecule has 2 aliphatic rings. The number of amides is 1. The highest BCUT2D eigenvalue weighted by atomic mass is 16.5. The number of nitrogens with one attached hydrogen (secondary N) is 2. The zero-order valence-corrected chi connectivity index (χ0v) is 26.3. The lowest BCUT2D eigenvalue weighted by molar-refractivity contribution is -0.105. The average Bonchev–Trinajstić information content (AvgIpc) is 3.51. The van der Waals surface area contributed by atoms with Gasteiger partial charge in [-0.3, -0.25) is 9.69 Å². The molecular weight excluding hydrogens is 550 g/mol. The number of anilines is 2. The quantitative estimate of drug-likeness (QED) is 0.298. The third-order valence-electron chi connectivity index (χ3n) is 8.04. The van der Waals surface area contributed by atoms with Crippen molar-refractivity contribution in [2.45, 2.75) is 58.7 Å². The van der Waals surface area contributed by atoms with Crippen LogP contribution in [0.4, 0.5) is 11.6 Å². The van der Waals surface area contributed by atoms with Crippen LogP contribution in [0.5, 0.6) is 11.8 Å². The van der Waals surface area contributed by atoms with Gasteiger partial charge in [0.15, 0.2) is 11.4 Å². The van der Waals surface area contributed by atoms with Gasteiger partial charge in [0, 0.05) is 26.1 Å². The maximum Gasteiger partial charge on any atom is 0.291 e. The van der Waals surface area contributed by atoms with Crippen LogP contribution in [0.25, 0.3) is 0 Å². The van der Waals surface area contributed by atoms with E-state index in [0.29, 0.717) is 24.7 Å². The Morgan fingerprint density at radius 3 is 2.30 bits per heavy atom. The number of carbonyl (C=O) groups excluding carboxylic acids is 1. The van der Waals surface area contributed by atoms with Gasteiger partial charge in [0.1, 0.15) is 5.76 Å². The molecule has 0 aliphatic carbocycles. The number of rotatable bonds is 11. The van der Waals surface area contributed by atoms with Crippen molar-refractivity contribution in [2.75, 3.05) is 64.2 Å². The lowest BCUT2D eigenvalue weighted by atomic mass is 9.86. The van der Waals surface area contributed by atoms with Crippen molar-refractivity contribution in [3.63, 3.8) is 0 Å². The molecule has 0 atom stereocenters. The van der Waals surface area contributed by atoms with Crippen LogP contribution in [0.3, 0.4) is 0 Å². The summed E-state index contributed by atoms with van der Waals surface area (Å²) in [5.41, 5.74) is 4.15. The van der Waals surface area contributed by atoms with Crippen molar-refractivity contribution < 1.29 is 28.2 Å². The number of aryl methyl sites for hydroxylation is 1. The summed E-state index contributed by atoms with van der Waals surface area (Å²) in [5, 5.41) is 6.03. The number of hydrogen-bond acceptors (Lipinski definition) is 10. The molecule has 43 heavy (non-hydrogen) atoms. The first-order valence-electron chi connectivity index (χ1n) is 14.8. The van der Waals surface area contributed by atoms with Crippen molar-refractivity contribution in [2.24, 2.45) is 0 Å². The van der Waals surface area contributed by atoms with E-state index in [2.05, 4.69) is 72.3 Å². The molecule has 11 nitrogen and oxygen atoms in total. The molecule has 1 fully saturated rings. The molecule has 5 rings (SSSR count). The first-order chi connectivity index (χ1) is 20.5. The summed E-state index contributed by atoms with van der Waals surface area (Å²) in [5.74, 6) is 1.10. The maximum atomic E-state index is 13.2. The number of morpholine rings is 1. The molecule has 1 aromatic carbocycles. The van der Waals surface area contributed by atoms with Gasteiger partial charge >= 0.3 is 0 Å². The summed E-state index contributed by atoms with van der Waals surface area (Å²) in [7, 11) is 2.97. The Morgan fingerprint density at radius 1 is 1.00 bits per heavy atom. The summed E-state index contributed by atoms with van der Waals surface area (Å²) in [4.78, 5) is 24.5. The molecular formula is C32H43N5O6. The first kappa shape index (κ1) is 30.8. The zero-order valence-electron chi connectivity index (χ0n) is 26.3. The van der Waals surface area contributed by atoms with Gasteiger partial charge in [-0.15, -0.1) is 0 Å². The van der Waals surface area contributed by atoms with E-state index in [4.69, 9.17) is 23.4 Å². The number of aromatic nitrogens is 2. The van der Waals surface area contributed by atoms with Crippen LogP contribution in [0.15, 0.2) is 28.7 Å². The summed E-state index contributed by atoms with van der Waals surface area (Å²) in [6.07, 6.45) is 1.46. The Morgan fingerprint density at radius 2 is 1.65 bits per heavy atom. The molecule has 11 heteroatoms. The van der Waals surface area contributed by atoms with Crippen molar-refractivity contribution in [3.05, 3.63) is 58.0 Å². The van der Waals surface area contributed by atoms with E-state index < -0.39 is 5.91 Å². The smallest absolute Gasteiger partial charge is 0.291 e. The Labute approximate surface area is 253 Å². The molecule has 232 valence electrons. The van der Waals surface area contributed by atoms with Gasteiger partial charge < -0.3 is 34.0 Å². The fourth-order valence-corrected chi connectivity index (χ4v) is 5.87. The monoisotopic (exact) mass is 593 g/mol. The molecule has 0 unspecified atom stereocenters. The highest BCUT2D eigenvalue weighted by Crippen LogP contribution is 2.47. The Balaban J connectivity index is 1.25. The van der Waals surface area contributed by atoms with Crippen LogP contribution in [0.1, 0.15) is 72.7 Å². The highest BCUT2D eigenvalue weighted by Gasteiger charge is 2.43. The number of benzene rings is 1. The van der Waals surface area contributed by atoms with E-state index in [1.54, 1.807) is 6.07 Å². The van der Waals surface area contributed by atoms with E-state index in [-0.39, 0.29) is 34.4 Å². The number of nitrogens with zero attached hydrogens (tertiary/aromatic N) is 3. The average molecular weight is 594 g/mol. The summed E-state index contributed by atoms with van der Waals surface area (Å²) in [6.45, 7) is 15.6. The minimum absolute atomic E-state index is 0.160. The molecule has 0 spiro atoms. The lowest BCUT2D eigenvalue weighted by Crippen LogP contribution is -2.37. The van der Waals surface area contributed by atoms with Crippen LogP contribution < -0.4 is 20.1 Å². The van der Waals surface area contributed by atoms with Gasteiger partial charge in [0.05, 0.1) is 38.6 Å². The van der Waals surface area contributed by atoms with Gasteiger partial charge in [-0.2, -0.15) is 9.97 Å². The van der Waals surface area contributed by atoms with Crippen LogP contribution in [-0.4, -0.2) is 74.4 Å². The first-order valence-corrected chi connectivity index (χ1v) is 14.8. The largest absolute Gasteiger partial charge is 0.479 e. The van der Waals surface area contributed by atoms with Crippen molar-refractivity contribution in [3.8, 4) is 11.8 Å². The van der Waals surface area contributed by atoms with Crippen LogP contribution >= 0.6 is 0 Å². The molecule has 0 radical (unpaired) electrons. The highest BCUT2D eigenvalue weighted by molar-refractivity contribution is 6.03. The summed E-state index contributed by atoms with van der Waals surface area (Å²) < 4.78 is 28.7. The van der Waals surface area contributed by atoms with E-state index >= 15 is 0 Å². The van der Waals surface area contributed by atoms with Crippen LogP contribution in [0, 0.1) is 6.92 Å². The summed E-state index contributed by atoms with van der Waals surface area (Å²) >= 11 is 0. The third kappa shape index (κ3) is 6.79. The Hall–Kier alpha value is -3.67. The third-order valence-corrected chi connectivity index (χ3v) is 8.04. The minimum Gasteiger partial charge on any atom is -0.479 e. The standard InChI is InChI=1S/C32H43N5O6/c1-20-17-23-24(32(4,5)43-31(23,2)3)19-21(20)18-22-9-10-25(42-22)27(38)34-26-28(39-6)35-30(36-29(26)40-7)33-11-8-12-37-13-15-41-16-14-37/h9-10,17,19H,8,11-16,18H2,1-7H3,(H,34,38)(H,33,35,36). The normalized spacial score (nSPS) is 17.4. The van der Waals surface area contributed by atoms with E-state index in [1.807, 2.05) is 6.07 Å². The molecule has 4 heterocycles. The predicted molar refractivity (Wildman–Crippen MR) is 163 cm³/mol. The number of ether oxygens (including phenoxy) is 4. The molecule has 0 bridgehead atoms. The van der Waals surface area contributed by atoms with E-state index in [1.165, 1.54) is 25.3 Å². The van der Waals surface area contributed by atoms with Gasteiger partial charge in [-0.1, -0.05) is 12.1 Å². The molecule has 2 aliphatic heterocycles. The molecule has 2 N–H and O–H groups in total. The maximum absolute atomic E-state index is 13.2. The Bertz CT molecular complexity index is 1440. The van der Waals surface area contributed by atoms with Crippen LogP contribution in [-0.2, 0) is 27.1 Å². The van der Waals surface area contributed by atoms with Gasteiger partial charge in [0.25, 0.3) is 5.91 Å². The second-order valence-corrected chi connectivity index (χ2v) is 12.0. The number of carbonyl (C=O) groups is 1. The van der Waals surface area contributed by atoms with Crippen LogP contribution in [0.2, 0.25) is 0 Å². The van der Waals surface area contributed by atoms with Gasteiger partial charge in [0.2, 0.25) is 17.7 Å². The lowest BCUT2D eigenvalue weighted by Gasteiger charge is -2.26. The number of fused-ring (bicyclic) bond motifs is 1. The Kier molecular flexibility index (Phi) is 8.96. The van der Waals surface area contributed by atoms with E-state index in [9.17, 15) is 4.79 Å². The zero-order chi connectivity index (χ0) is 30.8. The molecule has 1 saturated heterocycles. The van der Waals surface area contributed by atoms with Crippen molar-refractivity contribution in [1.82, 2.24) is 14.9 Å². The summed E-state index contributed by atoms with van der Waals surface area (Å²) in [6, 6.07) is 7.89. The molecule has 3 aromatic rings. The van der Waals surface area contributed by atoms with Gasteiger partial charge in [-0.25, -0.2) is 0 Å². The molecule has 1 amide bonds. The second kappa shape index (κ2) is 12.5. The second-order valence-electron chi connectivity index (χ2n) is 12.0. The van der Waals surface area contributed by atoms with Gasteiger partial charge in [-0.05, 0) is 82.0 Å². The van der Waals surface area contributed by atoms with Crippen molar-refractivity contribution >= 4 is 17.5 Å². The van der Waals surface area contributed by atoms with E-state index in [0.717, 1.165) is 50.4 Å². The molecule has 0 saturated carbocycles. The minimum atomic E-state index is -0.459. The van der Waals surface area contributed by atoms with Crippen molar-refractivity contribution in [1.29, 1.82) is 0 Å². The fourth-order valence-electron chi connectivity index (χ4n) is 5.87. The number of methoxy groups -OCH3 is 2.